The molecule has 0 bridgehead atoms. The zero-order valence-electron chi connectivity index (χ0n) is 10.8. The molecule has 0 amide bonds. The fourth-order valence-corrected chi connectivity index (χ4v) is 2.18. The first-order valence-corrected chi connectivity index (χ1v) is 6.63. The van der Waals surface area contributed by atoms with Gasteiger partial charge in [-0.05, 0) is 50.7 Å². The van der Waals surface area contributed by atoms with E-state index in [9.17, 15) is 0 Å². The molecule has 1 aliphatic rings. The Morgan fingerprint density at radius 2 is 2.18 bits per heavy atom. The minimum absolute atomic E-state index is 0.203. The van der Waals surface area contributed by atoms with Gasteiger partial charge in [-0.25, -0.2) is 4.98 Å². The van der Waals surface area contributed by atoms with E-state index in [1.165, 1.54) is 24.1 Å². The molecule has 94 valence electrons. The third-order valence-electron chi connectivity index (χ3n) is 3.45. The largest absolute Gasteiger partial charge is 0.474 e. The molecule has 1 aliphatic carbocycles. The zero-order chi connectivity index (χ0) is 12.3. The number of rotatable bonds is 4. The van der Waals surface area contributed by atoms with E-state index in [0.29, 0.717) is 6.54 Å². The molecule has 1 aromatic heterocycles. The van der Waals surface area contributed by atoms with Crippen LogP contribution in [0.1, 0.15) is 49.9 Å². The van der Waals surface area contributed by atoms with Crippen molar-refractivity contribution in [3.05, 3.63) is 22.9 Å². The molecule has 0 saturated heterocycles. The fourth-order valence-electron chi connectivity index (χ4n) is 2.18. The number of nitrogens with zero attached hydrogens (tertiary/aromatic N) is 1. The van der Waals surface area contributed by atoms with Crippen LogP contribution in [-0.2, 0) is 19.4 Å². The SMILES string of the molecule is CCC(C)Oc1nc2c(cc1CN)CCCC2. The fraction of sp³-hybridized carbons (Fsp3) is 0.643. The van der Waals surface area contributed by atoms with Crippen molar-refractivity contribution in [2.24, 2.45) is 5.73 Å². The van der Waals surface area contributed by atoms with Crippen molar-refractivity contribution in [1.29, 1.82) is 0 Å². The maximum atomic E-state index is 5.86. The minimum atomic E-state index is 0.203. The van der Waals surface area contributed by atoms with E-state index in [-0.39, 0.29) is 6.10 Å². The molecule has 0 saturated carbocycles. The second kappa shape index (κ2) is 5.50. The molecule has 0 aliphatic heterocycles. The van der Waals surface area contributed by atoms with Gasteiger partial charge in [0.25, 0.3) is 0 Å². The van der Waals surface area contributed by atoms with Gasteiger partial charge >= 0.3 is 0 Å². The molecule has 0 aromatic carbocycles. The number of pyridine rings is 1. The summed E-state index contributed by atoms with van der Waals surface area (Å²) >= 11 is 0. The number of nitrogens with two attached hydrogens (primary N) is 1. The van der Waals surface area contributed by atoms with Crippen molar-refractivity contribution in [1.82, 2.24) is 4.98 Å². The molecule has 17 heavy (non-hydrogen) atoms. The highest BCUT2D eigenvalue weighted by molar-refractivity contribution is 5.35. The van der Waals surface area contributed by atoms with Crippen LogP contribution in [0.2, 0.25) is 0 Å². The molecule has 1 unspecified atom stereocenters. The van der Waals surface area contributed by atoms with Gasteiger partial charge < -0.3 is 10.5 Å². The second-order valence-electron chi connectivity index (χ2n) is 4.81. The minimum Gasteiger partial charge on any atom is -0.474 e. The average molecular weight is 234 g/mol. The molecule has 1 heterocycles. The number of hydrogen-bond donors (Lipinski definition) is 1. The van der Waals surface area contributed by atoms with E-state index in [4.69, 9.17) is 10.5 Å². The number of ether oxygens (including phenoxy) is 1. The monoisotopic (exact) mass is 234 g/mol. The normalized spacial score (nSPS) is 16.4. The van der Waals surface area contributed by atoms with Crippen molar-refractivity contribution in [3.63, 3.8) is 0 Å². The number of aryl methyl sites for hydroxylation is 2. The van der Waals surface area contributed by atoms with Crippen LogP contribution in [0.15, 0.2) is 6.07 Å². The third kappa shape index (κ3) is 2.78. The van der Waals surface area contributed by atoms with E-state index in [0.717, 1.165) is 30.7 Å². The standard InChI is InChI=1S/C14H22N2O/c1-3-10(2)17-14-12(9-15)8-11-6-4-5-7-13(11)16-14/h8,10H,3-7,9,15H2,1-2H3. The van der Waals surface area contributed by atoms with Gasteiger partial charge in [-0.3, -0.25) is 0 Å². The van der Waals surface area contributed by atoms with Gasteiger partial charge in [-0.15, -0.1) is 0 Å². The summed E-state index contributed by atoms with van der Waals surface area (Å²) in [5, 5.41) is 0. The number of fused-ring (bicyclic) bond motifs is 1. The molecule has 3 heteroatoms. The summed E-state index contributed by atoms with van der Waals surface area (Å²) in [4.78, 5) is 4.67. The van der Waals surface area contributed by atoms with Gasteiger partial charge in [0.1, 0.15) is 0 Å². The zero-order valence-corrected chi connectivity index (χ0v) is 10.8. The smallest absolute Gasteiger partial charge is 0.218 e. The van der Waals surface area contributed by atoms with E-state index < -0.39 is 0 Å². The lowest BCUT2D eigenvalue weighted by atomic mass is 9.95. The van der Waals surface area contributed by atoms with Crippen LogP contribution in [0, 0.1) is 0 Å². The first kappa shape index (κ1) is 12.4. The van der Waals surface area contributed by atoms with Crippen LogP contribution >= 0.6 is 0 Å². The lowest BCUT2D eigenvalue weighted by molar-refractivity contribution is 0.205. The van der Waals surface area contributed by atoms with Crippen molar-refractivity contribution >= 4 is 0 Å². The van der Waals surface area contributed by atoms with Gasteiger partial charge in [-0.1, -0.05) is 6.92 Å². The van der Waals surface area contributed by atoms with E-state index in [1.54, 1.807) is 0 Å². The molecular formula is C14H22N2O. The lowest BCUT2D eigenvalue weighted by Crippen LogP contribution is -2.16. The summed E-state index contributed by atoms with van der Waals surface area (Å²) in [6.07, 6.45) is 5.92. The van der Waals surface area contributed by atoms with Crippen LogP contribution < -0.4 is 10.5 Å². The van der Waals surface area contributed by atoms with Crippen LogP contribution in [-0.4, -0.2) is 11.1 Å². The van der Waals surface area contributed by atoms with Gasteiger partial charge in [0, 0.05) is 17.8 Å². The predicted molar refractivity (Wildman–Crippen MR) is 69.2 cm³/mol. The predicted octanol–water partition coefficient (Wildman–Crippen LogP) is 2.60. The molecular weight excluding hydrogens is 212 g/mol. The molecule has 3 nitrogen and oxygen atoms in total. The maximum absolute atomic E-state index is 5.86. The summed E-state index contributed by atoms with van der Waals surface area (Å²) in [5.41, 5.74) is 9.41. The highest BCUT2D eigenvalue weighted by atomic mass is 16.5. The van der Waals surface area contributed by atoms with Crippen molar-refractivity contribution < 1.29 is 4.74 Å². The summed E-state index contributed by atoms with van der Waals surface area (Å²) in [6.45, 7) is 4.69. The van der Waals surface area contributed by atoms with Crippen molar-refractivity contribution in [2.75, 3.05) is 0 Å². The first-order chi connectivity index (χ1) is 8.24. The summed E-state index contributed by atoms with van der Waals surface area (Å²) in [5.74, 6) is 0.752. The van der Waals surface area contributed by atoms with Crippen LogP contribution in [0.5, 0.6) is 5.88 Å². The Hall–Kier alpha value is -1.09. The van der Waals surface area contributed by atoms with Crippen molar-refractivity contribution in [3.8, 4) is 5.88 Å². The summed E-state index contributed by atoms with van der Waals surface area (Å²) in [7, 11) is 0. The average Bonchev–Trinajstić information content (AvgIpc) is 2.37. The highest BCUT2D eigenvalue weighted by Crippen LogP contribution is 2.26. The first-order valence-electron chi connectivity index (χ1n) is 6.63. The van der Waals surface area contributed by atoms with Crippen LogP contribution in [0.25, 0.3) is 0 Å². The molecule has 0 spiro atoms. The lowest BCUT2D eigenvalue weighted by Gasteiger charge is -2.20. The van der Waals surface area contributed by atoms with Gasteiger partial charge in [-0.2, -0.15) is 0 Å². The van der Waals surface area contributed by atoms with E-state index >= 15 is 0 Å². The Morgan fingerprint density at radius 3 is 2.88 bits per heavy atom. The van der Waals surface area contributed by atoms with Gasteiger partial charge in [0.15, 0.2) is 0 Å². The number of hydrogen-bond acceptors (Lipinski definition) is 3. The third-order valence-corrected chi connectivity index (χ3v) is 3.45. The Kier molecular flexibility index (Phi) is 4.00. The molecule has 0 fully saturated rings. The summed E-state index contributed by atoms with van der Waals surface area (Å²) in [6, 6.07) is 2.19. The van der Waals surface area contributed by atoms with Crippen molar-refractivity contribution in [2.45, 2.75) is 58.6 Å². The maximum Gasteiger partial charge on any atom is 0.218 e. The Morgan fingerprint density at radius 1 is 1.41 bits per heavy atom. The topological polar surface area (TPSA) is 48.1 Å². The van der Waals surface area contributed by atoms with Crippen LogP contribution in [0.3, 0.4) is 0 Å². The van der Waals surface area contributed by atoms with Gasteiger partial charge in [0.05, 0.1) is 6.10 Å². The Bertz CT molecular complexity index is 390. The second-order valence-corrected chi connectivity index (χ2v) is 4.81. The highest BCUT2D eigenvalue weighted by Gasteiger charge is 2.16. The van der Waals surface area contributed by atoms with E-state index in [1.807, 2.05) is 0 Å². The van der Waals surface area contributed by atoms with E-state index in [2.05, 4.69) is 24.9 Å². The molecule has 2 N–H and O–H groups in total. The molecule has 0 radical (unpaired) electrons. The quantitative estimate of drug-likeness (QED) is 0.871. The Labute approximate surface area is 103 Å². The molecule has 2 rings (SSSR count). The number of aromatic nitrogens is 1. The molecule has 1 aromatic rings. The molecule has 1 atom stereocenters. The summed E-state index contributed by atoms with van der Waals surface area (Å²) < 4.78 is 5.86. The van der Waals surface area contributed by atoms with Gasteiger partial charge in [0.2, 0.25) is 5.88 Å². The Balaban J connectivity index is 2.29. The van der Waals surface area contributed by atoms with Crippen LogP contribution in [0.4, 0.5) is 0 Å².